The van der Waals surface area contributed by atoms with Crippen molar-refractivity contribution in [3.05, 3.63) is 29.6 Å². The molecule has 0 aliphatic rings. The predicted molar refractivity (Wildman–Crippen MR) is 74.1 cm³/mol. The monoisotopic (exact) mass is 293 g/mol. The van der Waals surface area contributed by atoms with E-state index >= 15 is 0 Å². The number of anilines is 1. The summed E-state index contributed by atoms with van der Waals surface area (Å²) in [5.74, 6) is -1.65. The first-order chi connectivity index (χ1) is 9.83. The summed E-state index contributed by atoms with van der Waals surface area (Å²) in [6.45, 7) is 3.67. The van der Waals surface area contributed by atoms with Crippen molar-refractivity contribution >= 4 is 17.7 Å². The van der Waals surface area contributed by atoms with Gasteiger partial charge in [-0.1, -0.05) is 13.8 Å². The van der Waals surface area contributed by atoms with Crippen LogP contribution in [0.1, 0.15) is 25.8 Å². The van der Waals surface area contributed by atoms with Crippen molar-refractivity contribution in [1.82, 2.24) is 5.32 Å². The van der Waals surface area contributed by atoms with Gasteiger partial charge in [-0.3, -0.25) is 0 Å². The van der Waals surface area contributed by atoms with Crippen molar-refractivity contribution in [2.24, 2.45) is 5.92 Å². The number of aliphatic carboxylic acids is 1. The zero-order chi connectivity index (χ0) is 16.0. The molecular weight excluding hydrogens is 277 g/mol. The number of carboxylic acids is 1. The van der Waals surface area contributed by atoms with Crippen LogP contribution in [0.2, 0.25) is 0 Å². The molecule has 0 aromatic heterocycles. The SMILES string of the molecule is CC(C)CC(NC(=O)Nc1ccc(F)cc1C#N)C(=O)O. The second-order valence-electron chi connectivity index (χ2n) is 4.92. The second-order valence-corrected chi connectivity index (χ2v) is 4.92. The van der Waals surface area contributed by atoms with E-state index in [1.807, 2.05) is 13.8 Å². The van der Waals surface area contributed by atoms with Crippen LogP contribution in [0.4, 0.5) is 14.9 Å². The lowest BCUT2D eigenvalue weighted by Crippen LogP contribution is -2.43. The van der Waals surface area contributed by atoms with Crippen molar-refractivity contribution in [2.75, 3.05) is 5.32 Å². The van der Waals surface area contributed by atoms with Crippen LogP contribution in [0.5, 0.6) is 0 Å². The summed E-state index contributed by atoms with van der Waals surface area (Å²) in [6, 6.07) is 3.28. The highest BCUT2D eigenvalue weighted by atomic mass is 19.1. The van der Waals surface area contributed by atoms with Crippen LogP contribution in [0.15, 0.2) is 18.2 Å². The van der Waals surface area contributed by atoms with E-state index in [9.17, 15) is 14.0 Å². The zero-order valence-electron chi connectivity index (χ0n) is 11.7. The predicted octanol–water partition coefficient (Wildman–Crippen LogP) is 2.32. The Kier molecular flexibility index (Phi) is 5.67. The minimum atomic E-state index is -1.14. The Bertz CT molecular complexity index is 581. The lowest BCUT2D eigenvalue weighted by atomic mass is 10.0. The summed E-state index contributed by atoms with van der Waals surface area (Å²) in [5.41, 5.74) is 0.0750. The number of carbonyl (C=O) groups is 2. The summed E-state index contributed by atoms with van der Waals surface area (Å²) in [6.07, 6.45) is 0.275. The van der Waals surface area contributed by atoms with Gasteiger partial charge in [-0.05, 0) is 30.5 Å². The lowest BCUT2D eigenvalue weighted by molar-refractivity contribution is -0.139. The van der Waals surface area contributed by atoms with Gasteiger partial charge >= 0.3 is 12.0 Å². The van der Waals surface area contributed by atoms with Crippen molar-refractivity contribution in [3.63, 3.8) is 0 Å². The van der Waals surface area contributed by atoms with Crippen LogP contribution in [-0.4, -0.2) is 23.1 Å². The zero-order valence-corrected chi connectivity index (χ0v) is 11.7. The molecular formula is C14H16FN3O3. The number of nitrogens with one attached hydrogen (secondary N) is 2. The number of hydrogen-bond donors (Lipinski definition) is 3. The molecule has 1 aromatic rings. The molecule has 6 nitrogen and oxygen atoms in total. The average Bonchev–Trinajstić information content (AvgIpc) is 2.39. The standard InChI is InChI=1S/C14H16FN3O3/c1-8(2)5-12(13(19)20)18-14(21)17-11-4-3-10(15)6-9(11)7-16/h3-4,6,8,12H,5H2,1-2H3,(H,19,20)(H2,17,18,21). The van der Waals surface area contributed by atoms with E-state index in [-0.39, 0.29) is 23.6 Å². The largest absolute Gasteiger partial charge is 0.480 e. The Morgan fingerprint density at radius 3 is 2.62 bits per heavy atom. The van der Waals surface area contributed by atoms with Crippen LogP contribution in [-0.2, 0) is 4.79 Å². The van der Waals surface area contributed by atoms with Gasteiger partial charge in [-0.15, -0.1) is 0 Å². The number of nitrogens with zero attached hydrogens (tertiary/aromatic N) is 1. The molecule has 0 saturated heterocycles. The third-order valence-corrected chi connectivity index (χ3v) is 2.66. The highest BCUT2D eigenvalue weighted by Gasteiger charge is 2.21. The molecule has 0 heterocycles. The first kappa shape index (κ1) is 16.4. The number of halogens is 1. The fourth-order valence-corrected chi connectivity index (χ4v) is 1.73. The number of carbonyl (C=O) groups excluding carboxylic acids is 1. The molecule has 7 heteroatoms. The van der Waals surface area contributed by atoms with Gasteiger partial charge in [0.05, 0.1) is 11.3 Å². The molecule has 2 amide bonds. The van der Waals surface area contributed by atoms with E-state index in [0.717, 1.165) is 12.1 Å². The molecule has 0 aliphatic carbocycles. The van der Waals surface area contributed by atoms with E-state index < -0.39 is 23.9 Å². The number of amides is 2. The molecule has 1 unspecified atom stereocenters. The average molecular weight is 293 g/mol. The molecule has 0 spiro atoms. The molecule has 1 rings (SSSR count). The molecule has 1 aromatic carbocycles. The fourth-order valence-electron chi connectivity index (χ4n) is 1.73. The smallest absolute Gasteiger partial charge is 0.326 e. The van der Waals surface area contributed by atoms with Gasteiger partial charge in [-0.2, -0.15) is 5.26 Å². The maximum absolute atomic E-state index is 13.0. The molecule has 1 atom stereocenters. The minimum Gasteiger partial charge on any atom is -0.480 e. The second kappa shape index (κ2) is 7.24. The third kappa shape index (κ3) is 5.10. The fraction of sp³-hybridized carbons (Fsp3) is 0.357. The van der Waals surface area contributed by atoms with Crippen molar-refractivity contribution in [1.29, 1.82) is 5.26 Å². The number of urea groups is 1. The molecule has 21 heavy (non-hydrogen) atoms. The van der Waals surface area contributed by atoms with Crippen molar-refractivity contribution in [2.45, 2.75) is 26.3 Å². The van der Waals surface area contributed by atoms with Gasteiger partial charge in [0.1, 0.15) is 17.9 Å². The van der Waals surface area contributed by atoms with E-state index in [2.05, 4.69) is 10.6 Å². The van der Waals surface area contributed by atoms with Gasteiger partial charge in [-0.25, -0.2) is 14.0 Å². The normalized spacial score (nSPS) is 11.6. The number of hydrogen-bond acceptors (Lipinski definition) is 3. The maximum atomic E-state index is 13.0. The van der Waals surface area contributed by atoms with Crippen molar-refractivity contribution < 1.29 is 19.1 Å². The van der Waals surface area contributed by atoms with E-state index in [0.29, 0.717) is 0 Å². The molecule has 0 bridgehead atoms. The number of nitriles is 1. The van der Waals surface area contributed by atoms with Crippen LogP contribution in [0.25, 0.3) is 0 Å². The Balaban J connectivity index is 2.77. The Labute approximate surface area is 121 Å². The first-order valence-corrected chi connectivity index (χ1v) is 6.33. The molecule has 0 aliphatic heterocycles. The molecule has 0 radical (unpaired) electrons. The topological polar surface area (TPSA) is 102 Å². The van der Waals surface area contributed by atoms with Gasteiger partial charge < -0.3 is 15.7 Å². The highest BCUT2D eigenvalue weighted by Crippen LogP contribution is 2.16. The summed E-state index contributed by atoms with van der Waals surface area (Å²) >= 11 is 0. The van der Waals surface area contributed by atoms with Crippen LogP contribution in [0.3, 0.4) is 0 Å². The molecule has 0 fully saturated rings. The summed E-state index contributed by atoms with van der Waals surface area (Å²) in [4.78, 5) is 22.8. The van der Waals surface area contributed by atoms with Crippen LogP contribution >= 0.6 is 0 Å². The van der Waals surface area contributed by atoms with Gasteiger partial charge in [0, 0.05) is 0 Å². The van der Waals surface area contributed by atoms with E-state index in [1.54, 1.807) is 6.07 Å². The van der Waals surface area contributed by atoms with Crippen LogP contribution < -0.4 is 10.6 Å². The summed E-state index contributed by atoms with van der Waals surface area (Å²) < 4.78 is 13.0. The van der Waals surface area contributed by atoms with Crippen LogP contribution in [0, 0.1) is 23.1 Å². The Morgan fingerprint density at radius 1 is 1.43 bits per heavy atom. The maximum Gasteiger partial charge on any atom is 0.326 e. The number of carboxylic acid groups (broad SMARTS) is 1. The molecule has 3 N–H and O–H groups in total. The Hall–Kier alpha value is -2.62. The number of benzene rings is 1. The quantitative estimate of drug-likeness (QED) is 0.775. The summed E-state index contributed by atoms with van der Waals surface area (Å²) in [5, 5.41) is 22.5. The van der Waals surface area contributed by atoms with Crippen molar-refractivity contribution in [3.8, 4) is 6.07 Å². The lowest BCUT2D eigenvalue weighted by Gasteiger charge is -2.17. The third-order valence-electron chi connectivity index (χ3n) is 2.66. The highest BCUT2D eigenvalue weighted by molar-refractivity contribution is 5.93. The Morgan fingerprint density at radius 2 is 2.10 bits per heavy atom. The van der Waals surface area contributed by atoms with E-state index in [4.69, 9.17) is 10.4 Å². The molecule has 112 valence electrons. The minimum absolute atomic E-state index is 0.0408. The molecule has 0 saturated carbocycles. The number of rotatable bonds is 5. The first-order valence-electron chi connectivity index (χ1n) is 6.33. The summed E-state index contributed by atoms with van der Waals surface area (Å²) in [7, 11) is 0. The van der Waals surface area contributed by atoms with Gasteiger partial charge in [0.15, 0.2) is 0 Å². The van der Waals surface area contributed by atoms with E-state index in [1.165, 1.54) is 6.07 Å². The van der Waals surface area contributed by atoms with Gasteiger partial charge in [0.2, 0.25) is 0 Å². The van der Waals surface area contributed by atoms with Gasteiger partial charge in [0.25, 0.3) is 0 Å².